The quantitative estimate of drug-likeness (QED) is 0.395. The highest BCUT2D eigenvalue weighted by atomic mass is 32.2. The zero-order valence-electron chi connectivity index (χ0n) is 13.4. The van der Waals surface area contributed by atoms with Gasteiger partial charge in [-0.3, -0.25) is 20.2 Å². The van der Waals surface area contributed by atoms with E-state index >= 15 is 0 Å². The molecule has 132 valence electrons. The van der Waals surface area contributed by atoms with Crippen LogP contribution in [0, 0.1) is 20.2 Å². The predicted octanol–water partition coefficient (Wildman–Crippen LogP) is 3.55. The molecular formula is C15H12N6O4S. The van der Waals surface area contributed by atoms with Crippen LogP contribution in [0.25, 0.3) is 5.69 Å². The van der Waals surface area contributed by atoms with Gasteiger partial charge in [-0.1, -0.05) is 36.0 Å². The van der Waals surface area contributed by atoms with Crippen LogP contribution < -0.4 is 5.32 Å². The van der Waals surface area contributed by atoms with E-state index in [-0.39, 0.29) is 28.7 Å². The van der Waals surface area contributed by atoms with Crippen LogP contribution >= 0.6 is 11.8 Å². The maximum absolute atomic E-state index is 11.3. The number of nitrogens with one attached hydrogen (secondary N) is 1. The molecule has 0 aliphatic rings. The van der Waals surface area contributed by atoms with Crippen molar-refractivity contribution in [1.82, 2.24) is 14.8 Å². The Morgan fingerprint density at radius 2 is 1.62 bits per heavy atom. The summed E-state index contributed by atoms with van der Waals surface area (Å²) >= 11 is 1.25. The molecule has 0 spiro atoms. The first-order valence-corrected chi connectivity index (χ1v) is 8.49. The van der Waals surface area contributed by atoms with Crippen molar-refractivity contribution in [3.8, 4) is 5.69 Å². The third-order valence-corrected chi connectivity index (χ3v) is 3.96. The standard InChI is InChI=1S/C15H12N6O4S/c1-26-15-17-14(16-10-6-2-3-7-11(10)20(22)23)19(18-15)12-8-4-5-9-13(12)21(24)25/h2-9H,1H3,(H,16,17,18). The lowest BCUT2D eigenvalue weighted by atomic mass is 10.2. The molecule has 0 atom stereocenters. The highest BCUT2D eigenvalue weighted by Crippen LogP contribution is 2.30. The number of aromatic nitrogens is 3. The first kappa shape index (κ1) is 17.4. The molecule has 3 aromatic rings. The lowest BCUT2D eigenvalue weighted by molar-refractivity contribution is -0.384. The molecule has 0 saturated heterocycles. The van der Waals surface area contributed by atoms with Crippen molar-refractivity contribution in [1.29, 1.82) is 0 Å². The van der Waals surface area contributed by atoms with Crippen LogP contribution in [0.4, 0.5) is 23.0 Å². The molecule has 1 N–H and O–H groups in total. The van der Waals surface area contributed by atoms with E-state index in [1.807, 2.05) is 0 Å². The molecule has 0 radical (unpaired) electrons. The molecule has 0 bridgehead atoms. The molecule has 0 unspecified atom stereocenters. The highest BCUT2D eigenvalue weighted by molar-refractivity contribution is 7.98. The average molecular weight is 372 g/mol. The van der Waals surface area contributed by atoms with Crippen molar-refractivity contribution in [2.24, 2.45) is 0 Å². The fourth-order valence-corrected chi connectivity index (χ4v) is 2.63. The molecule has 10 nitrogen and oxygen atoms in total. The van der Waals surface area contributed by atoms with Gasteiger partial charge in [-0.25, -0.2) is 0 Å². The van der Waals surface area contributed by atoms with Crippen molar-refractivity contribution >= 4 is 34.8 Å². The van der Waals surface area contributed by atoms with E-state index in [4.69, 9.17) is 0 Å². The normalized spacial score (nSPS) is 10.5. The van der Waals surface area contributed by atoms with Crippen molar-refractivity contribution in [3.05, 3.63) is 68.8 Å². The summed E-state index contributed by atoms with van der Waals surface area (Å²) in [6.07, 6.45) is 1.76. The number of nitro groups is 2. The maximum Gasteiger partial charge on any atom is 0.295 e. The van der Waals surface area contributed by atoms with Gasteiger partial charge in [-0.05, 0) is 18.4 Å². The number of hydrogen-bond acceptors (Lipinski definition) is 8. The van der Waals surface area contributed by atoms with E-state index in [1.54, 1.807) is 30.5 Å². The molecule has 11 heteroatoms. The summed E-state index contributed by atoms with van der Waals surface area (Å²) in [6, 6.07) is 12.1. The van der Waals surface area contributed by atoms with E-state index in [1.165, 1.54) is 40.7 Å². The van der Waals surface area contributed by atoms with Crippen LogP contribution in [0.1, 0.15) is 0 Å². The number of nitro benzene ring substituents is 2. The lowest BCUT2D eigenvalue weighted by Crippen LogP contribution is -2.07. The van der Waals surface area contributed by atoms with E-state index in [2.05, 4.69) is 15.4 Å². The van der Waals surface area contributed by atoms with Gasteiger partial charge in [0.1, 0.15) is 11.4 Å². The van der Waals surface area contributed by atoms with Gasteiger partial charge in [-0.2, -0.15) is 9.67 Å². The Morgan fingerprint density at radius 3 is 2.27 bits per heavy atom. The molecule has 1 heterocycles. The first-order valence-electron chi connectivity index (χ1n) is 7.26. The van der Waals surface area contributed by atoms with Gasteiger partial charge in [0, 0.05) is 12.1 Å². The number of para-hydroxylation sites is 4. The van der Waals surface area contributed by atoms with Crippen LogP contribution in [0.3, 0.4) is 0 Å². The monoisotopic (exact) mass is 372 g/mol. The topological polar surface area (TPSA) is 129 Å². The predicted molar refractivity (Wildman–Crippen MR) is 96.2 cm³/mol. The second kappa shape index (κ2) is 7.19. The molecule has 0 saturated carbocycles. The molecule has 1 aromatic heterocycles. The van der Waals surface area contributed by atoms with Gasteiger partial charge in [0.15, 0.2) is 0 Å². The van der Waals surface area contributed by atoms with Gasteiger partial charge in [-0.15, -0.1) is 5.10 Å². The summed E-state index contributed by atoms with van der Waals surface area (Å²) in [5.41, 5.74) is 0.106. The molecule has 26 heavy (non-hydrogen) atoms. The Bertz CT molecular complexity index is 990. The average Bonchev–Trinajstić information content (AvgIpc) is 3.04. The summed E-state index contributed by atoms with van der Waals surface area (Å²) < 4.78 is 1.26. The Morgan fingerprint density at radius 1 is 1.00 bits per heavy atom. The highest BCUT2D eigenvalue weighted by Gasteiger charge is 2.22. The van der Waals surface area contributed by atoms with Crippen LogP contribution in [0.5, 0.6) is 0 Å². The molecule has 2 aromatic carbocycles. The smallest absolute Gasteiger partial charge is 0.295 e. The fourth-order valence-electron chi connectivity index (χ4n) is 2.29. The third kappa shape index (κ3) is 3.32. The lowest BCUT2D eigenvalue weighted by Gasteiger charge is -2.08. The Kier molecular flexibility index (Phi) is 4.80. The number of rotatable bonds is 6. The van der Waals surface area contributed by atoms with Gasteiger partial charge in [0.25, 0.3) is 11.4 Å². The summed E-state index contributed by atoms with van der Waals surface area (Å²) in [7, 11) is 0. The second-order valence-electron chi connectivity index (χ2n) is 4.98. The van der Waals surface area contributed by atoms with E-state index in [0.29, 0.717) is 5.16 Å². The van der Waals surface area contributed by atoms with E-state index < -0.39 is 9.85 Å². The minimum Gasteiger partial charge on any atom is -0.318 e. The summed E-state index contributed by atoms with van der Waals surface area (Å²) in [4.78, 5) is 25.7. The van der Waals surface area contributed by atoms with E-state index in [9.17, 15) is 20.2 Å². The largest absolute Gasteiger partial charge is 0.318 e. The zero-order valence-corrected chi connectivity index (χ0v) is 14.2. The molecule has 3 rings (SSSR count). The molecular weight excluding hydrogens is 360 g/mol. The molecule has 0 amide bonds. The van der Waals surface area contributed by atoms with Gasteiger partial charge >= 0.3 is 0 Å². The molecule has 0 aliphatic heterocycles. The second-order valence-corrected chi connectivity index (χ2v) is 5.75. The van der Waals surface area contributed by atoms with Gasteiger partial charge in [0.2, 0.25) is 11.1 Å². The fraction of sp³-hybridized carbons (Fsp3) is 0.0667. The number of nitrogens with zero attached hydrogens (tertiary/aromatic N) is 5. The SMILES string of the molecule is CSc1nc(Nc2ccccc2[N+](=O)[O-])n(-c2ccccc2[N+](=O)[O-])n1. The van der Waals surface area contributed by atoms with Crippen molar-refractivity contribution in [2.75, 3.05) is 11.6 Å². The Hall–Kier alpha value is -3.47. The summed E-state index contributed by atoms with van der Waals surface area (Å²) in [5.74, 6) is 0.137. The van der Waals surface area contributed by atoms with E-state index in [0.717, 1.165) is 0 Å². The minimum atomic E-state index is -0.524. The minimum absolute atomic E-state index is 0.137. The summed E-state index contributed by atoms with van der Waals surface area (Å²) in [5, 5.41) is 30.0. The molecule has 0 fully saturated rings. The number of thioether (sulfide) groups is 1. The Balaban J connectivity index is 2.12. The van der Waals surface area contributed by atoms with Crippen molar-refractivity contribution in [3.63, 3.8) is 0 Å². The number of hydrogen-bond donors (Lipinski definition) is 1. The first-order chi connectivity index (χ1) is 12.5. The maximum atomic E-state index is 11.3. The van der Waals surface area contributed by atoms with Crippen molar-refractivity contribution in [2.45, 2.75) is 5.16 Å². The van der Waals surface area contributed by atoms with Crippen LogP contribution in [-0.4, -0.2) is 30.9 Å². The van der Waals surface area contributed by atoms with Crippen LogP contribution in [0.2, 0.25) is 0 Å². The van der Waals surface area contributed by atoms with Crippen LogP contribution in [0.15, 0.2) is 53.7 Å². The van der Waals surface area contributed by atoms with Gasteiger partial charge < -0.3 is 5.32 Å². The Labute approximate surface area is 151 Å². The molecule has 0 aliphatic carbocycles. The third-order valence-electron chi connectivity index (χ3n) is 3.42. The number of anilines is 2. The summed E-state index contributed by atoms with van der Waals surface area (Å²) in [6.45, 7) is 0. The van der Waals surface area contributed by atoms with Crippen LogP contribution in [-0.2, 0) is 0 Å². The number of benzene rings is 2. The van der Waals surface area contributed by atoms with Gasteiger partial charge in [0.05, 0.1) is 9.85 Å². The van der Waals surface area contributed by atoms with Crippen molar-refractivity contribution < 1.29 is 9.85 Å². The zero-order chi connectivity index (χ0) is 18.7.